The van der Waals surface area contributed by atoms with Crippen LogP contribution in [0.15, 0.2) is 41.8 Å². The van der Waals surface area contributed by atoms with Crippen LogP contribution in [0.2, 0.25) is 0 Å². The number of carbonyl (C=O) groups excluding carboxylic acids is 1. The fraction of sp³-hybridized carbons (Fsp3) is 0.188. The lowest BCUT2D eigenvalue weighted by Crippen LogP contribution is -2.34. The summed E-state index contributed by atoms with van der Waals surface area (Å²) in [5, 5.41) is 17.6. The van der Waals surface area contributed by atoms with Gasteiger partial charge in [0.05, 0.1) is 10.4 Å². The average Bonchev–Trinajstić information content (AvgIpc) is 2.57. The average molecular weight is 418 g/mol. The maximum absolute atomic E-state index is 13.0. The molecule has 28 heavy (non-hydrogen) atoms. The molecule has 0 saturated carbocycles. The van der Waals surface area contributed by atoms with E-state index in [-0.39, 0.29) is 17.0 Å². The third kappa shape index (κ3) is 4.22. The highest BCUT2D eigenvalue weighted by Gasteiger charge is 2.47. The first-order valence-electron chi connectivity index (χ1n) is 7.45. The quantitative estimate of drug-likeness (QED) is 0.607. The number of benzene rings is 1. The van der Waals surface area contributed by atoms with E-state index in [1.165, 1.54) is 0 Å². The fourth-order valence-electron chi connectivity index (χ4n) is 2.31. The van der Waals surface area contributed by atoms with Gasteiger partial charge >= 0.3 is 12.1 Å². The lowest BCUT2D eigenvalue weighted by atomic mass is 10.2. The number of aromatic hydroxyl groups is 1. The Balaban J connectivity index is 2.50. The Labute approximate surface area is 156 Å². The lowest BCUT2D eigenvalue weighted by Gasteiger charge is -2.17. The van der Waals surface area contributed by atoms with E-state index in [1.54, 1.807) is 0 Å². The summed E-state index contributed by atoms with van der Waals surface area (Å²) in [6.07, 6.45) is -4.80. The first-order valence-corrected chi connectivity index (χ1v) is 8.99. The smallest absolute Gasteiger partial charge is 0.409 e. The number of hydrogen-bond donors (Lipinski definition) is 3. The molecule has 0 fully saturated rings. The number of pyridine rings is 1. The molecule has 1 aromatic heterocycles. The van der Waals surface area contributed by atoms with E-state index in [1.807, 2.05) is 5.32 Å². The van der Waals surface area contributed by atoms with E-state index in [0.717, 1.165) is 24.3 Å². The standard InChI is InChI=1S/C16H13F3N2O6S/c1-2-12(16(17,18)19)28(26,27)9-3-4-10-8(5-9)6-11(22)14(21-10)15(25)20-7-13(23)24/h2-6,12,22H,1,7H2,(H,20,25)(H,23,24). The van der Waals surface area contributed by atoms with Gasteiger partial charge in [0.25, 0.3) is 5.91 Å². The third-order valence-corrected chi connectivity index (χ3v) is 5.62. The molecule has 1 aromatic carbocycles. The zero-order valence-electron chi connectivity index (χ0n) is 13.9. The Morgan fingerprint density at radius 2 is 1.93 bits per heavy atom. The highest BCUT2D eigenvalue weighted by molar-refractivity contribution is 7.92. The molecule has 12 heteroatoms. The number of amides is 1. The van der Waals surface area contributed by atoms with Crippen LogP contribution in [0, 0.1) is 0 Å². The Morgan fingerprint density at radius 1 is 1.29 bits per heavy atom. The molecule has 1 unspecified atom stereocenters. The van der Waals surface area contributed by atoms with Crippen molar-refractivity contribution in [2.75, 3.05) is 6.54 Å². The Kier molecular flexibility index (Phi) is 5.64. The SMILES string of the molecule is C=CC(C(F)(F)F)S(=O)(=O)c1ccc2nc(C(=O)NCC(=O)O)c(O)cc2c1. The van der Waals surface area contributed by atoms with Gasteiger partial charge in [0.15, 0.2) is 20.8 Å². The first kappa shape index (κ1) is 21.2. The van der Waals surface area contributed by atoms with Gasteiger partial charge in [-0.1, -0.05) is 6.08 Å². The number of alkyl halides is 3. The number of halogens is 3. The molecule has 0 aliphatic heterocycles. The lowest BCUT2D eigenvalue weighted by molar-refractivity contribution is -0.135. The monoisotopic (exact) mass is 418 g/mol. The number of nitrogens with one attached hydrogen (secondary N) is 1. The zero-order chi connectivity index (χ0) is 21.3. The van der Waals surface area contributed by atoms with Crippen LogP contribution in [0.4, 0.5) is 13.2 Å². The van der Waals surface area contributed by atoms with Crippen molar-refractivity contribution < 1.29 is 41.4 Å². The number of carboxylic acid groups (broad SMARTS) is 1. The van der Waals surface area contributed by atoms with Gasteiger partial charge in [-0.15, -0.1) is 6.58 Å². The topological polar surface area (TPSA) is 134 Å². The van der Waals surface area contributed by atoms with Crippen LogP contribution in [-0.2, 0) is 14.6 Å². The molecule has 3 N–H and O–H groups in total. The van der Waals surface area contributed by atoms with E-state index < -0.39 is 56.0 Å². The van der Waals surface area contributed by atoms with Crippen molar-refractivity contribution in [1.29, 1.82) is 0 Å². The van der Waals surface area contributed by atoms with Crippen LogP contribution < -0.4 is 5.32 Å². The van der Waals surface area contributed by atoms with Gasteiger partial charge in [0, 0.05) is 5.39 Å². The first-order chi connectivity index (χ1) is 12.9. The van der Waals surface area contributed by atoms with E-state index in [4.69, 9.17) is 5.11 Å². The van der Waals surface area contributed by atoms with Crippen LogP contribution in [-0.4, -0.2) is 53.5 Å². The second kappa shape index (κ2) is 7.46. The van der Waals surface area contributed by atoms with Crippen molar-refractivity contribution in [2.45, 2.75) is 16.3 Å². The number of carboxylic acids is 1. The highest BCUT2D eigenvalue weighted by atomic mass is 32.2. The summed E-state index contributed by atoms with van der Waals surface area (Å²) in [7, 11) is -4.85. The van der Waals surface area contributed by atoms with Crippen LogP contribution >= 0.6 is 0 Å². The minimum atomic E-state index is -5.07. The molecule has 0 aliphatic rings. The predicted octanol–water partition coefficient (Wildman–Crippen LogP) is 1.65. The molecule has 0 radical (unpaired) electrons. The maximum Gasteiger partial charge on any atom is 0.409 e. The summed E-state index contributed by atoms with van der Waals surface area (Å²) in [6.45, 7) is 2.19. The molecule has 150 valence electrons. The summed E-state index contributed by atoms with van der Waals surface area (Å²) < 4.78 is 63.4. The van der Waals surface area contributed by atoms with Crippen molar-refractivity contribution in [3.8, 4) is 5.75 Å². The second-order valence-corrected chi connectivity index (χ2v) is 7.60. The number of hydrogen-bond acceptors (Lipinski definition) is 6. The fourth-order valence-corrected chi connectivity index (χ4v) is 3.76. The number of rotatable bonds is 6. The Bertz CT molecular complexity index is 1070. The molecule has 8 nitrogen and oxygen atoms in total. The van der Waals surface area contributed by atoms with Crippen LogP contribution in [0.25, 0.3) is 10.9 Å². The van der Waals surface area contributed by atoms with E-state index in [2.05, 4.69) is 11.6 Å². The third-order valence-electron chi connectivity index (χ3n) is 3.58. The van der Waals surface area contributed by atoms with Gasteiger partial charge in [0.2, 0.25) is 0 Å². The van der Waals surface area contributed by atoms with E-state index >= 15 is 0 Å². The van der Waals surface area contributed by atoms with Gasteiger partial charge in [-0.3, -0.25) is 9.59 Å². The second-order valence-electron chi connectivity index (χ2n) is 5.53. The molecule has 0 aliphatic carbocycles. The minimum absolute atomic E-state index is 0.000568. The van der Waals surface area contributed by atoms with Crippen LogP contribution in [0.1, 0.15) is 10.5 Å². The van der Waals surface area contributed by atoms with Gasteiger partial charge in [-0.25, -0.2) is 13.4 Å². The van der Waals surface area contributed by atoms with Crippen molar-refractivity contribution in [3.05, 3.63) is 42.6 Å². The van der Waals surface area contributed by atoms with E-state index in [0.29, 0.717) is 0 Å². The molecule has 0 spiro atoms. The Morgan fingerprint density at radius 3 is 2.46 bits per heavy atom. The zero-order valence-corrected chi connectivity index (χ0v) is 14.7. The van der Waals surface area contributed by atoms with Crippen molar-refractivity contribution >= 4 is 32.6 Å². The largest absolute Gasteiger partial charge is 0.505 e. The highest BCUT2D eigenvalue weighted by Crippen LogP contribution is 2.32. The molecule has 2 aromatic rings. The molecular weight excluding hydrogens is 405 g/mol. The molecule has 1 atom stereocenters. The number of aliphatic carboxylic acids is 1. The Hall–Kier alpha value is -3.15. The van der Waals surface area contributed by atoms with Gasteiger partial charge < -0.3 is 15.5 Å². The summed E-state index contributed by atoms with van der Waals surface area (Å²) in [6, 6.07) is 3.75. The van der Waals surface area contributed by atoms with E-state index in [9.17, 15) is 36.3 Å². The van der Waals surface area contributed by atoms with Gasteiger partial charge in [-0.2, -0.15) is 13.2 Å². The molecule has 1 heterocycles. The number of aromatic nitrogens is 1. The molecular formula is C16H13F3N2O6S. The summed E-state index contributed by atoms with van der Waals surface area (Å²) >= 11 is 0. The van der Waals surface area contributed by atoms with Crippen molar-refractivity contribution in [3.63, 3.8) is 0 Å². The molecule has 2 rings (SSSR count). The van der Waals surface area contributed by atoms with Crippen molar-refractivity contribution in [1.82, 2.24) is 10.3 Å². The molecule has 0 bridgehead atoms. The summed E-state index contributed by atoms with van der Waals surface area (Å²) in [5.74, 6) is -3.03. The summed E-state index contributed by atoms with van der Waals surface area (Å²) in [5.41, 5.74) is -0.525. The van der Waals surface area contributed by atoms with Crippen molar-refractivity contribution in [2.24, 2.45) is 0 Å². The molecule has 0 saturated heterocycles. The van der Waals surface area contributed by atoms with Crippen LogP contribution in [0.3, 0.4) is 0 Å². The number of sulfone groups is 1. The van der Waals surface area contributed by atoms with Crippen LogP contribution in [0.5, 0.6) is 5.75 Å². The van der Waals surface area contributed by atoms with Gasteiger partial charge in [0.1, 0.15) is 12.3 Å². The molecule has 1 amide bonds. The maximum atomic E-state index is 13.0. The minimum Gasteiger partial charge on any atom is -0.505 e. The number of nitrogens with zero attached hydrogens (tertiary/aromatic N) is 1. The summed E-state index contributed by atoms with van der Waals surface area (Å²) in [4.78, 5) is 25.4. The normalized spacial score (nSPS) is 13.1. The van der Waals surface area contributed by atoms with Gasteiger partial charge in [-0.05, 0) is 24.3 Å². The number of carbonyl (C=O) groups is 2. The predicted molar refractivity (Wildman–Crippen MR) is 90.6 cm³/mol. The number of fused-ring (bicyclic) bond motifs is 1.